The number of hydrogen-bond acceptors (Lipinski definition) is 7. The third kappa shape index (κ3) is 9.36. The molecule has 1 saturated carbocycles. The van der Waals surface area contributed by atoms with Gasteiger partial charge in [-0.3, -0.25) is 24.0 Å². The molecule has 3 heterocycles. The molecular weight excluding hydrogens is 616 g/mol. The summed E-state index contributed by atoms with van der Waals surface area (Å²) in [5.41, 5.74) is -0.525. The molecule has 264 valence electrons. The number of Topliss-reactive ketones (excluding diaryl/α,β-unsaturated/α-hetero) is 1. The maximum absolute atomic E-state index is 14.5. The van der Waals surface area contributed by atoms with Crippen molar-refractivity contribution in [3.8, 4) is 12.3 Å². The van der Waals surface area contributed by atoms with Crippen LogP contribution in [0.25, 0.3) is 0 Å². The predicted molar refractivity (Wildman–Crippen MR) is 178 cm³/mol. The van der Waals surface area contributed by atoms with E-state index in [0.29, 0.717) is 25.9 Å². The van der Waals surface area contributed by atoms with Crippen LogP contribution in [0.5, 0.6) is 0 Å². The summed E-state index contributed by atoms with van der Waals surface area (Å²) in [5, 5.41) is 10.9. The Balaban J connectivity index is 1.52. The number of urea groups is 1. The Morgan fingerprint density at radius 1 is 1.08 bits per heavy atom. The second-order valence-corrected chi connectivity index (χ2v) is 14.0. The number of rotatable bonds is 14. The SMILES string of the molecule is C#CCCC(NC(=O)[C@@H]1[C@H]2CC(C)(C)O[C@H]2CN1C(=O)[C@@H](NC(=O)NCCN1CCCCC1=O)C1CCCCC1)C(=O)C(=O)NCC=C. The second-order valence-electron chi connectivity index (χ2n) is 14.0. The number of piperidine rings is 1. The van der Waals surface area contributed by atoms with Crippen LogP contribution in [0.1, 0.15) is 84.5 Å². The predicted octanol–water partition coefficient (Wildman–Crippen LogP) is 1.41. The highest BCUT2D eigenvalue weighted by Gasteiger charge is 2.56. The van der Waals surface area contributed by atoms with E-state index < -0.39 is 53.5 Å². The molecule has 0 aromatic carbocycles. The van der Waals surface area contributed by atoms with E-state index in [2.05, 4.69) is 33.8 Å². The molecule has 0 aromatic rings. The van der Waals surface area contributed by atoms with Gasteiger partial charge >= 0.3 is 6.03 Å². The third-order valence-corrected chi connectivity index (χ3v) is 9.95. The van der Waals surface area contributed by atoms with Crippen LogP contribution in [0, 0.1) is 24.2 Å². The number of terminal acetylenes is 1. The van der Waals surface area contributed by atoms with Gasteiger partial charge in [0.1, 0.15) is 12.1 Å². The lowest BCUT2D eigenvalue weighted by Crippen LogP contribution is -2.60. The van der Waals surface area contributed by atoms with Crippen molar-refractivity contribution in [1.82, 2.24) is 31.1 Å². The maximum Gasteiger partial charge on any atom is 0.315 e. The van der Waals surface area contributed by atoms with Gasteiger partial charge in [-0.2, -0.15) is 0 Å². The monoisotopic (exact) mass is 668 g/mol. The fourth-order valence-corrected chi connectivity index (χ4v) is 7.62. The molecule has 1 aliphatic carbocycles. The molecule has 48 heavy (non-hydrogen) atoms. The number of carbonyl (C=O) groups is 6. The topological polar surface area (TPSA) is 166 Å². The van der Waals surface area contributed by atoms with Crippen LogP contribution < -0.4 is 21.3 Å². The summed E-state index contributed by atoms with van der Waals surface area (Å²) in [6.07, 6.45) is 13.9. The zero-order chi connectivity index (χ0) is 34.8. The number of ketones is 1. The molecule has 5 atom stereocenters. The van der Waals surface area contributed by atoms with Crippen molar-refractivity contribution in [3.63, 3.8) is 0 Å². The summed E-state index contributed by atoms with van der Waals surface area (Å²) < 4.78 is 6.29. The minimum atomic E-state index is -1.19. The average Bonchev–Trinajstić information content (AvgIpc) is 3.56. The van der Waals surface area contributed by atoms with Crippen molar-refractivity contribution < 1.29 is 33.5 Å². The summed E-state index contributed by atoms with van der Waals surface area (Å²) in [6, 6.07) is -3.56. The Labute approximate surface area is 283 Å². The summed E-state index contributed by atoms with van der Waals surface area (Å²) in [7, 11) is 0. The first kappa shape index (κ1) is 36.9. The van der Waals surface area contributed by atoms with E-state index in [1.54, 1.807) is 4.90 Å². The molecule has 4 N–H and O–H groups in total. The van der Waals surface area contributed by atoms with E-state index in [1.807, 2.05) is 13.8 Å². The lowest BCUT2D eigenvalue weighted by atomic mass is 9.83. The fourth-order valence-electron chi connectivity index (χ4n) is 7.62. The molecule has 0 radical (unpaired) electrons. The van der Waals surface area contributed by atoms with Crippen molar-refractivity contribution in [3.05, 3.63) is 12.7 Å². The molecule has 0 aromatic heterocycles. The number of nitrogens with zero attached hydrogens (tertiary/aromatic N) is 2. The number of carbonyl (C=O) groups excluding carboxylic acids is 6. The molecule has 4 rings (SSSR count). The number of ether oxygens (including phenoxy) is 1. The van der Waals surface area contributed by atoms with Gasteiger partial charge in [0.2, 0.25) is 23.5 Å². The molecule has 6 amide bonds. The van der Waals surface area contributed by atoms with Gasteiger partial charge in [-0.15, -0.1) is 18.9 Å². The van der Waals surface area contributed by atoms with Gasteiger partial charge in [-0.05, 0) is 58.3 Å². The fraction of sp³-hybridized carbons (Fsp3) is 0.714. The summed E-state index contributed by atoms with van der Waals surface area (Å²) in [6.45, 7) is 8.95. The summed E-state index contributed by atoms with van der Waals surface area (Å²) in [4.78, 5) is 82.9. The van der Waals surface area contributed by atoms with Gasteiger partial charge in [0.25, 0.3) is 5.91 Å². The van der Waals surface area contributed by atoms with Gasteiger partial charge in [0, 0.05) is 51.5 Å². The first-order chi connectivity index (χ1) is 23.0. The first-order valence-electron chi connectivity index (χ1n) is 17.4. The highest BCUT2D eigenvalue weighted by Crippen LogP contribution is 2.43. The Morgan fingerprint density at radius 3 is 2.52 bits per heavy atom. The van der Waals surface area contributed by atoms with Crippen LogP contribution in [0.3, 0.4) is 0 Å². The molecule has 0 spiro atoms. The van der Waals surface area contributed by atoms with Crippen molar-refractivity contribution in [1.29, 1.82) is 0 Å². The van der Waals surface area contributed by atoms with Gasteiger partial charge < -0.3 is 35.8 Å². The number of nitrogens with one attached hydrogen (secondary N) is 4. The van der Waals surface area contributed by atoms with E-state index in [1.165, 1.54) is 11.0 Å². The molecule has 3 saturated heterocycles. The Kier molecular flexibility index (Phi) is 13.0. The van der Waals surface area contributed by atoms with Crippen molar-refractivity contribution in [2.75, 3.05) is 32.7 Å². The number of likely N-dealkylation sites (tertiary alicyclic amines) is 2. The standard InChI is InChI=1S/C35H52N6O7/c1-5-7-15-25(30(43)32(45)36-17-6-2)38-31(44)29-24-21-35(3,4)48-26(24)22-41(29)33(46)28(23-13-9-8-10-14-23)39-34(47)37-18-20-40-19-12-11-16-27(40)42/h1,6,23-26,28-29H,2,7-22H2,3-4H3,(H,36,45)(H,38,44)(H2,37,39,47)/t24-,25?,26-,28-,29-/m0/s1. The van der Waals surface area contributed by atoms with E-state index in [0.717, 1.165) is 44.9 Å². The zero-order valence-electron chi connectivity index (χ0n) is 28.4. The normalized spacial score (nSPS) is 24.9. The summed E-state index contributed by atoms with van der Waals surface area (Å²) in [5.74, 6) is -0.592. The number of amides is 6. The van der Waals surface area contributed by atoms with Crippen LogP contribution >= 0.6 is 0 Å². The Hall–Kier alpha value is -3.92. The van der Waals surface area contributed by atoms with E-state index in [-0.39, 0.29) is 56.1 Å². The molecular formula is C35H52N6O7. The van der Waals surface area contributed by atoms with Crippen molar-refractivity contribution in [2.24, 2.45) is 11.8 Å². The molecule has 4 aliphatic rings. The molecule has 1 unspecified atom stereocenters. The number of fused-ring (bicyclic) bond motifs is 1. The minimum absolute atomic E-state index is 0.0504. The summed E-state index contributed by atoms with van der Waals surface area (Å²) >= 11 is 0. The number of hydrogen-bond donors (Lipinski definition) is 4. The minimum Gasteiger partial charge on any atom is -0.370 e. The van der Waals surface area contributed by atoms with Crippen LogP contribution in [0.2, 0.25) is 0 Å². The van der Waals surface area contributed by atoms with Crippen molar-refractivity contribution in [2.45, 2.75) is 114 Å². The maximum atomic E-state index is 14.5. The zero-order valence-corrected chi connectivity index (χ0v) is 28.4. The third-order valence-electron chi connectivity index (χ3n) is 9.95. The van der Waals surface area contributed by atoms with Crippen LogP contribution in [0.15, 0.2) is 12.7 Å². The van der Waals surface area contributed by atoms with Gasteiger partial charge in [0.15, 0.2) is 0 Å². The largest absolute Gasteiger partial charge is 0.370 e. The average molecular weight is 669 g/mol. The molecule has 4 fully saturated rings. The molecule has 13 heteroatoms. The highest BCUT2D eigenvalue weighted by molar-refractivity contribution is 6.38. The lowest BCUT2D eigenvalue weighted by Gasteiger charge is -2.36. The van der Waals surface area contributed by atoms with Gasteiger partial charge in [0.05, 0.1) is 17.7 Å². The van der Waals surface area contributed by atoms with E-state index in [9.17, 15) is 28.8 Å². The second kappa shape index (κ2) is 17.0. The van der Waals surface area contributed by atoms with Gasteiger partial charge in [-0.1, -0.05) is 25.3 Å². The highest BCUT2D eigenvalue weighted by atomic mass is 16.5. The quantitative estimate of drug-likeness (QED) is 0.123. The van der Waals surface area contributed by atoms with Crippen LogP contribution in [0.4, 0.5) is 4.79 Å². The van der Waals surface area contributed by atoms with Crippen LogP contribution in [-0.2, 0) is 28.7 Å². The van der Waals surface area contributed by atoms with E-state index >= 15 is 0 Å². The smallest absolute Gasteiger partial charge is 0.315 e. The molecule has 0 bridgehead atoms. The first-order valence-corrected chi connectivity index (χ1v) is 17.4. The van der Waals surface area contributed by atoms with Gasteiger partial charge in [-0.25, -0.2) is 4.79 Å². The molecule has 3 aliphatic heterocycles. The Bertz CT molecular complexity index is 1270. The van der Waals surface area contributed by atoms with E-state index in [4.69, 9.17) is 11.2 Å². The Morgan fingerprint density at radius 2 is 1.83 bits per heavy atom. The lowest BCUT2D eigenvalue weighted by molar-refractivity contribution is -0.144. The van der Waals surface area contributed by atoms with Crippen molar-refractivity contribution >= 4 is 35.4 Å². The van der Waals surface area contributed by atoms with Crippen LogP contribution in [-0.4, -0.2) is 108 Å². The molecule has 13 nitrogen and oxygen atoms in total.